The molecule has 6 atom stereocenters. The minimum atomic E-state index is -5.07. The van der Waals surface area contributed by atoms with Crippen LogP contribution in [-0.2, 0) is 38.3 Å². The lowest BCUT2D eigenvalue weighted by molar-refractivity contribution is -0.301. The van der Waals surface area contributed by atoms with Gasteiger partial charge in [0.25, 0.3) is 0 Å². The van der Waals surface area contributed by atoms with E-state index in [4.69, 9.17) is 18.9 Å². The van der Waals surface area contributed by atoms with Crippen LogP contribution in [0.2, 0.25) is 0 Å². The van der Waals surface area contributed by atoms with Gasteiger partial charge in [-0.25, -0.2) is 4.18 Å². The summed E-state index contributed by atoms with van der Waals surface area (Å²) in [5.74, 6) is -0.399. The van der Waals surface area contributed by atoms with Crippen LogP contribution in [0.25, 0.3) is 0 Å². The van der Waals surface area contributed by atoms with Gasteiger partial charge >= 0.3 is 16.4 Å². The molecule has 0 aromatic heterocycles. The third-order valence-electron chi connectivity index (χ3n) is 12.8. The average Bonchev–Trinajstić information content (AvgIpc) is 3.31. The van der Waals surface area contributed by atoms with Gasteiger partial charge in [-0.15, -0.1) is 0 Å². The van der Waals surface area contributed by atoms with Crippen molar-refractivity contribution in [2.45, 2.75) is 282 Å². The number of rotatable bonds is 49. The number of hydrogen-bond acceptors (Lipinski definition) is 11. The third kappa shape index (κ3) is 39.0. The molecule has 1 rings (SSSR count). The number of aliphatic hydroxyl groups is 3. The lowest BCUT2D eigenvalue weighted by atomic mass is 9.99. The highest BCUT2D eigenvalue weighted by atomic mass is 32.3. The number of ether oxygens (including phenoxy) is 4. The molecule has 6 unspecified atom stereocenters. The molecular formula is C55H102O12S. The van der Waals surface area contributed by atoms with Crippen LogP contribution < -0.4 is 0 Å². The molecule has 68 heavy (non-hydrogen) atoms. The van der Waals surface area contributed by atoms with Crippen molar-refractivity contribution < 1.29 is 56.2 Å². The van der Waals surface area contributed by atoms with Crippen molar-refractivity contribution in [2.75, 3.05) is 26.4 Å². The fraction of sp³-hybridized carbons (Fsp3) is 0.873. The number of hydrogen-bond donors (Lipinski definition) is 4. The maximum atomic E-state index is 12.9. The zero-order chi connectivity index (χ0) is 49.6. The summed E-state index contributed by atoms with van der Waals surface area (Å²) < 4.78 is 59.3. The second kappa shape index (κ2) is 46.4. The highest BCUT2D eigenvalue weighted by molar-refractivity contribution is 7.80. The van der Waals surface area contributed by atoms with E-state index in [2.05, 4.69) is 54.5 Å². The fourth-order valence-corrected chi connectivity index (χ4v) is 9.14. The van der Waals surface area contributed by atoms with Crippen molar-refractivity contribution in [1.29, 1.82) is 0 Å². The number of aliphatic hydroxyl groups excluding tert-OH is 3. The van der Waals surface area contributed by atoms with Crippen LogP contribution in [0.15, 0.2) is 36.5 Å². The zero-order valence-corrected chi connectivity index (χ0v) is 44.0. The molecule has 0 amide bonds. The van der Waals surface area contributed by atoms with Crippen molar-refractivity contribution in [1.82, 2.24) is 0 Å². The van der Waals surface area contributed by atoms with Gasteiger partial charge in [-0.2, -0.15) is 8.42 Å². The van der Waals surface area contributed by atoms with Gasteiger partial charge in [-0.05, 0) is 44.9 Å². The normalized spacial score (nSPS) is 19.5. The standard InChI is InChI=1S/C55H102O12S/c1-3-5-7-9-11-13-15-17-19-21-22-23-24-25-26-27-28-29-30-32-34-36-38-40-42-44-51(57)65-49(48-64-55-53(59)54(67-68(60,61)62)52(58)50(46-56)66-55)47-63-45-43-41-39-37-35-33-31-20-18-16-14-12-10-8-6-4-2/h6,8,12,14,18,20,49-50,52-56,58-59H,3-5,7,9-11,13,15-17,19,21-48H2,1-2H3,(H,60,61,62)/b8-6-,14-12-,20-18-. The monoisotopic (exact) mass is 987 g/mol. The van der Waals surface area contributed by atoms with Crippen LogP contribution in [0.1, 0.15) is 245 Å². The first kappa shape index (κ1) is 64.3. The predicted molar refractivity (Wildman–Crippen MR) is 276 cm³/mol. The molecule has 13 heteroatoms. The topological polar surface area (TPSA) is 178 Å². The second-order valence-corrected chi connectivity index (χ2v) is 20.2. The first-order valence-electron chi connectivity index (χ1n) is 27.7. The number of allylic oxidation sites excluding steroid dienone is 6. The maximum Gasteiger partial charge on any atom is 0.397 e. The van der Waals surface area contributed by atoms with E-state index in [1.54, 1.807) is 0 Å². The summed E-state index contributed by atoms with van der Waals surface area (Å²) in [6, 6.07) is 0. The van der Waals surface area contributed by atoms with Crippen LogP contribution in [0, 0.1) is 0 Å². The SMILES string of the molecule is CC/C=C\C/C=C\C/C=C\CCCCCCCCOCC(COC1OC(CO)C(O)C(OS(=O)(=O)O)C1O)OC(=O)CCCCCCCCCCCCCCCCCCCCCCCCCCC. The molecule has 0 saturated carbocycles. The summed E-state index contributed by atoms with van der Waals surface area (Å²) in [5, 5.41) is 30.8. The van der Waals surface area contributed by atoms with Crippen LogP contribution in [0.5, 0.6) is 0 Å². The van der Waals surface area contributed by atoms with Crippen LogP contribution in [0.4, 0.5) is 0 Å². The molecule has 1 aliphatic heterocycles. The molecule has 400 valence electrons. The Labute approximate surface area is 415 Å². The molecular weight excluding hydrogens is 885 g/mol. The van der Waals surface area contributed by atoms with Gasteiger partial charge in [0.1, 0.15) is 30.5 Å². The molecule has 12 nitrogen and oxygen atoms in total. The van der Waals surface area contributed by atoms with Crippen LogP contribution >= 0.6 is 0 Å². The highest BCUT2D eigenvalue weighted by Gasteiger charge is 2.48. The Hall–Kier alpha value is -1.68. The molecule has 0 aromatic carbocycles. The van der Waals surface area contributed by atoms with Crippen LogP contribution in [0.3, 0.4) is 0 Å². The van der Waals surface area contributed by atoms with Crippen molar-refractivity contribution in [3.63, 3.8) is 0 Å². The van der Waals surface area contributed by atoms with Crippen molar-refractivity contribution >= 4 is 16.4 Å². The maximum absolute atomic E-state index is 12.9. The van der Waals surface area contributed by atoms with Gasteiger partial charge in [0.2, 0.25) is 0 Å². The lowest BCUT2D eigenvalue weighted by Crippen LogP contribution is -2.60. The first-order chi connectivity index (χ1) is 33.1. The molecule has 4 N–H and O–H groups in total. The second-order valence-electron chi connectivity index (χ2n) is 19.2. The molecule has 0 radical (unpaired) electrons. The Morgan fingerprint density at radius 3 is 1.49 bits per heavy atom. The van der Waals surface area contributed by atoms with E-state index in [1.165, 1.54) is 148 Å². The highest BCUT2D eigenvalue weighted by Crippen LogP contribution is 2.26. The van der Waals surface area contributed by atoms with E-state index in [0.29, 0.717) is 13.0 Å². The predicted octanol–water partition coefficient (Wildman–Crippen LogP) is 13.3. The quantitative estimate of drug-likeness (QED) is 0.0197. The zero-order valence-electron chi connectivity index (χ0n) is 43.2. The minimum absolute atomic E-state index is 0.0298. The molecule has 1 aliphatic rings. The fourth-order valence-electron chi connectivity index (χ4n) is 8.63. The number of carbonyl (C=O) groups is 1. The van der Waals surface area contributed by atoms with Gasteiger partial charge in [0.05, 0.1) is 19.8 Å². The van der Waals surface area contributed by atoms with Gasteiger partial charge in [0.15, 0.2) is 6.29 Å². The molecule has 1 fully saturated rings. The third-order valence-corrected chi connectivity index (χ3v) is 13.2. The Morgan fingerprint density at radius 2 is 1.01 bits per heavy atom. The number of carbonyl (C=O) groups excluding carboxylic acids is 1. The van der Waals surface area contributed by atoms with Gasteiger partial charge in [-0.1, -0.05) is 230 Å². The van der Waals surface area contributed by atoms with Gasteiger partial charge in [-0.3, -0.25) is 9.35 Å². The molecule has 0 spiro atoms. The van der Waals surface area contributed by atoms with E-state index < -0.39 is 59.8 Å². The minimum Gasteiger partial charge on any atom is -0.457 e. The summed E-state index contributed by atoms with van der Waals surface area (Å²) in [4.78, 5) is 12.9. The van der Waals surface area contributed by atoms with E-state index in [9.17, 15) is 33.1 Å². The largest absolute Gasteiger partial charge is 0.457 e. The molecule has 0 bridgehead atoms. The summed E-state index contributed by atoms with van der Waals surface area (Å²) in [5.41, 5.74) is 0. The van der Waals surface area contributed by atoms with Gasteiger partial charge in [0, 0.05) is 13.0 Å². The lowest BCUT2D eigenvalue weighted by Gasteiger charge is -2.41. The number of unbranched alkanes of at least 4 members (excludes halogenated alkanes) is 30. The van der Waals surface area contributed by atoms with Crippen molar-refractivity contribution in [3.8, 4) is 0 Å². The van der Waals surface area contributed by atoms with E-state index >= 15 is 0 Å². The Bertz CT molecular complexity index is 1320. The Morgan fingerprint density at radius 1 is 0.574 bits per heavy atom. The summed E-state index contributed by atoms with van der Waals surface area (Å²) in [6.07, 6.45) is 47.6. The van der Waals surface area contributed by atoms with E-state index in [0.717, 1.165) is 70.6 Å². The molecule has 0 aliphatic carbocycles. The van der Waals surface area contributed by atoms with Crippen molar-refractivity contribution in [3.05, 3.63) is 36.5 Å². The van der Waals surface area contributed by atoms with Gasteiger partial charge < -0.3 is 34.3 Å². The van der Waals surface area contributed by atoms with Crippen LogP contribution in [-0.4, -0.2) is 97.5 Å². The van der Waals surface area contributed by atoms with E-state index in [1.807, 2.05) is 0 Å². The average molecular weight is 987 g/mol. The van der Waals surface area contributed by atoms with E-state index in [-0.39, 0.29) is 19.6 Å². The summed E-state index contributed by atoms with van der Waals surface area (Å²) in [6.45, 7) is 3.89. The summed E-state index contributed by atoms with van der Waals surface area (Å²) >= 11 is 0. The summed E-state index contributed by atoms with van der Waals surface area (Å²) in [7, 11) is -5.07. The molecule has 1 heterocycles. The number of esters is 1. The van der Waals surface area contributed by atoms with Crippen molar-refractivity contribution in [2.24, 2.45) is 0 Å². The Balaban J connectivity index is 2.28. The molecule has 1 saturated heterocycles. The molecule has 0 aromatic rings. The smallest absolute Gasteiger partial charge is 0.397 e. The first-order valence-corrected chi connectivity index (χ1v) is 29.1. The Kier molecular flexibility index (Phi) is 43.9.